The van der Waals surface area contributed by atoms with E-state index < -0.39 is 0 Å². The van der Waals surface area contributed by atoms with Crippen LogP contribution in [0.1, 0.15) is 12.8 Å². The quantitative estimate of drug-likeness (QED) is 0.857. The van der Waals surface area contributed by atoms with E-state index in [1.54, 1.807) is 0 Å². The molecule has 19 heavy (non-hydrogen) atoms. The van der Waals surface area contributed by atoms with Crippen LogP contribution in [0.2, 0.25) is 0 Å². The van der Waals surface area contributed by atoms with Gasteiger partial charge in [0, 0.05) is 13.1 Å². The van der Waals surface area contributed by atoms with Crippen molar-refractivity contribution >= 4 is 16.9 Å². The topological polar surface area (TPSA) is 59.0 Å². The zero-order chi connectivity index (χ0) is 13.1. The predicted molar refractivity (Wildman–Crippen MR) is 73.8 cm³/mol. The summed E-state index contributed by atoms with van der Waals surface area (Å²) in [6, 6.07) is 8.02. The van der Waals surface area contributed by atoms with Crippen LogP contribution in [0, 0.1) is 0 Å². The Hall–Kier alpha value is -1.88. The molecule has 1 aromatic carbocycles. The van der Waals surface area contributed by atoms with E-state index in [0.717, 1.165) is 37.0 Å². The van der Waals surface area contributed by atoms with Crippen molar-refractivity contribution < 1.29 is 4.79 Å². The fourth-order valence-corrected chi connectivity index (χ4v) is 2.52. The van der Waals surface area contributed by atoms with Crippen molar-refractivity contribution in [2.24, 2.45) is 0 Å². The van der Waals surface area contributed by atoms with Gasteiger partial charge in [0.05, 0.1) is 23.4 Å². The predicted octanol–water partition coefficient (Wildman–Crippen LogP) is 0.904. The molecule has 3 rings (SSSR count). The lowest BCUT2D eigenvalue weighted by molar-refractivity contribution is -0.122. The monoisotopic (exact) mass is 258 g/mol. The largest absolute Gasteiger partial charge is 0.353 e. The first-order chi connectivity index (χ1) is 9.34. The van der Waals surface area contributed by atoms with Gasteiger partial charge in [-0.2, -0.15) is 0 Å². The van der Waals surface area contributed by atoms with Crippen molar-refractivity contribution in [1.29, 1.82) is 0 Å². The number of aromatic nitrogens is 2. The summed E-state index contributed by atoms with van der Waals surface area (Å²) in [7, 11) is 0. The van der Waals surface area contributed by atoms with Gasteiger partial charge in [0.15, 0.2) is 0 Å². The number of carbonyl (C=O) groups is 1. The summed E-state index contributed by atoms with van der Waals surface area (Å²) in [5.74, 6) is 0.113. The second-order valence-corrected chi connectivity index (χ2v) is 4.87. The molecule has 2 aromatic rings. The second-order valence-electron chi connectivity index (χ2n) is 4.87. The van der Waals surface area contributed by atoms with E-state index in [0.29, 0.717) is 6.54 Å². The van der Waals surface area contributed by atoms with Crippen LogP contribution in [-0.4, -0.2) is 34.6 Å². The number of fused-ring (bicyclic) bond motifs is 1. The molecule has 2 heterocycles. The van der Waals surface area contributed by atoms with E-state index >= 15 is 0 Å². The Kier molecular flexibility index (Phi) is 3.46. The smallest absolute Gasteiger partial charge is 0.237 e. The molecule has 1 unspecified atom stereocenters. The third kappa shape index (κ3) is 2.61. The molecule has 0 radical (unpaired) electrons. The van der Waals surface area contributed by atoms with E-state index in [1.807, 2.05) is 30.6 Å². The molecule has 1 saturated heterocycles. The summed E-state index contributed by atoms with van der Waals surface area (Å²) in [6.45, 7) is 2.33. The number of hydrogen-bond donors (Lipinski definition) is 2. The fraction of sp³-hybridized carbons (Fsp3) is 0.429. The van der Waals surface area contributed by atoms with Crippen molar-refractivity contribution in [1.82, 2.24) is 20.2 Å². The van der Waals surface area contributed by atoms with Crippen LogP contribution >= 0.6 is 0 Å². The number of carbonyl (C=O) groups excluding carboxylic acids is 1. The molecule has 1 fully saturated rings. The molecule has 2 N–H and O–H groups in total. The Bertz CT molecular complexity index is 572. The minimum Gasteiger partial charge on any atom is -0.353 e. The lowest BCUT2D eigenvalue weighted by Gasteiger charge is -2.11. The number of rotatable bonds is 4. The fourth-order valence-electron chi connectivity index (χ4n) is 2.52. The highest BCUT2D eigenvalue weighted by atomic mass is 16.2. The molecule has 0 aliphatic carbocycles. The summed E-state index contributed by atoms with van der Waals surface area (Å²) in [6.07, 6.45) is 3.86. The van der Waals surface area contributed by atoms with Gasteiger partial charge in [0.25, 0.3) is 0 Å². The van der Waals surface area contributed by atoms with Gasteiger partial charge >= 0.3 is 0 Å². The number of para-hydroxylation sites is 2. The second kappa shape index (κ2) is 5.40. The van der Waals surface area contributed by atoms with Gasteiger partial charge < -0.3 is 15.2 Å². The summed E-state index contributed by atoms with van der Waals surface area (Å²) in [4.78, 5) is 16.2. The molecular weight excluding hydrogens is 240 g/mol. The first-order valence-corrected chi connectivity index (χ1v) is 6.75. The first kappa shape index (κ1) is 12.2. The molecule has 0 saturated carbocycles. The van der Waals surface area contributed by atoms with Crippen molar-refractivity contribution in [3.05, 3.63) is 30.6 Å². The van der Waals surface area contributed by atoms with Gasteiger partial charge in [-0.05, 0) is 31.5 Å². The Labute approximate surface area is 112 Å². The van der Waals surface area contributed by atoms with Crippen LogP contribution in [0.5, 0.6) is 0 Å². The normalized spacial score (nSPS) is 18.8. The van der Waals surface area contributed by atoms with E-state index in [1.165, 1.54) is 0 Å². The molecule has 1 aromatic heterocycles. The van der Waals surface area contributed by atoms with Gasteiger partial charge in [0.1, 0.15) is 0 Å². The Morgan fingerprint density at radius 3 is 3.21 bits per heavy atom. The molecular formula is C14H18N4O. The minimum absolute atomic E-state index is 0.000434. The van der Waals surface area contributed by atoms with Gasteiger partial charge in [-0.25, -0.2) is 4.98 Å². The SMILES string of the molecule is O=C(NCCn1cnc2ccccc21)C1CCCN1. The molecule has 100 valence electrons. The highest BCUT2D eigenvalue weighted by Gasteiger charge is 2.21. The van der Waals surface area contributed by atoms with E-state index in [2.05, 4.69) is 20.2 Å². The summed E-state index contributed by atoms with van der Waals surface area (Å²) < 4.78 is 2.07. The maximum atomic E-state index is 11.8. The zero-order valence-electron chi connectivity index (χ0n) is 10.8. The van der Waals surface area contributed by atoms with Crippen molar-refractivity contribution in [2.75, 3.05) is 13.1 Å². The molecule has 5 heteroatoms. The molecule has 1 amide bonds. The maximum absolute atomic E-state index is 11.8. The van der Waals surface area contributed by atoms with Gasteiger partial charge in [-0.15, -0.1) is 0 Å². The van der Waals surface area contributed by atoms with E-state index in [4.69, 9.17) is 0 Å². The van der Waals surface area contributed by atoms with Crippen molar-refractivity contribution in [2.45, 2.75) is 25.4 Å². The van der Waals surface area contributed by atoms with Crippen LogP contribution in [0.15, 0.2) is 30.6 Å². The number of nitrogens with zero attached hydrogens (tertiary/aromatic N) is 2. The van der Waals surface area contributed by atoms with Crippen LogP contribution < -0.4 is 10.6 Å². The highest BCUT2D eigenvalue weighted by Crippen LogP contribution is 2.11. The van der Waals surface area contributed by atoms with Crippen LogP contribution in [0.4, 0.5) is 0 Å². The van der Waals surface area contributed by atoms with Crippen molar-refractivity contribution in [3.8, 4) is 0 Å². The van der Waals surface area contributed by atoms with Crippen LogP contribution in [0.3, 0.4) is 0 Å². The maximum Gasteiger partial charge on any atom is 0.237 e. The van der Waals surface area contributed by atoms with Crippen LogP contribution in [-0.2, 0) is 11.3 Å². The third-order valence-corrected chi connectivity index (χ3v) is 3.56. The van der Waals surface area contributed by atoms with Gasteiger partial charge in [0.2, 0.25) is 5.91 Å². The highest BCUT2D eigenvalue weighted by molar-refractivity contribution is 5.82. The number of nitrogens with one attached hydrogen (secondary N) is 2. The average Bonchev–Trinajstić information content (AvgIpc) is 3.08. The molecule has 5 nitrogen and oxygen atoms in total. The molecule has 1 aliphatic rings. The first-order valence-electron chi connectivity index (χ1n) is 6.75. The third-order valence-electron chi connectivity index (χ3n) is 3.56. The Morgan fingerprint density at radius 2 is 2.37 bits per heavy atom. The number of benzene rings is 1. The number of amides is 1. The minimum atomic E-state index is -0.000434. The van der Waals surface area contributed by atoms with Crippen molar-refractivity contribution in [3.63, 3.8) is 0 Å². The lowest BCUT2D eigenvalue weighted by atomic mass is 10.2. The standard InChI is InChI=1S/C14H18N4O/c19-14(12-5-3-7-15-12)16-8-9-18-10-17-11-4-1-2-6-13(11)18/h1-2,4,6,10,12,15H,3,5,7-9H2,(H,16,19). The Balaban J connectivity index is 1.56. The molecule has 1 atom stereocenters. The van der Waals surface area contributed by atoms with Crippen LogP contribution in [0.25, 0.3) is 11.0 Å². The summed E-state index contributed by atoms with van der Waals surface area (Å²) in [5.41, 5.74) is 2.10. The summed E-state index contributed by atoms with van der Waals surface area (Å²) in [5, 5.41) is 6.18. The molecule has 0 spiro atoms. The van der Waals surface area contributed by atoms with E-state index in [9.17, 15) is 4.79 Å². The van der Waals surface area contributed by atoms with Gasteiger partial charge in [-0.1, -0.05) is 12.1 Å². The summed E-state index contributed by atoms with van der Waals surface area (Å²) >= 11 is 0. The molecule has 0 bridgehead atoms. The number of imidazole rings is 1. The molecule has 1 aliphatic heterocycles. The lowest BCUT2D eigenvalue weighted by Crippen LogP contribution is -2.41. The zero-order valence-corrected chi connectivity index (χ0v) is 10.8. The van der Waals surface area contributed by atoms with Gasteiger partial charge in [-0.3, -0.25) is 4.79 Å². The van der Waals surface area contributed by atoms with E-state index in [-0.39, 0.29) is 11.9 Å². The number of hydrogen-bond acceptors (Lipinski definition) is 3. The Morgan fingerprint density at radius 1 is 1.47 bits per heavy atom. The average molecular weight is 258 g/mol.